The maximum atomic E-state index is 13.4. The van der Waals surface area contributed by atoms with E-state index in [0.29, 0.717) is 5.92 Å². The summed E-state index contributed by atoms with van der Waals surface area (Å²) in [6.45, 7) is 0.239. The molecule has 4 nitrogen and oxygen atoms in total. The highest BCUT2D eigenvalue weighted by atomic mass is 19.1. The van der Waals surface area contributed by atoms with Gasteiger partial charge in [0.25, 0.3) is 0 Å². The molecule has 3 atom stereocenters. The van der Waals surface area contributed by atoms with Crippen molar-refractivity contribution in [1.82, 2.24) is 15.6 Å². The molecule has 0 bridgehead atoms. The first kappa shape index (κ1) is 16.2. The van der Waals surface area contributed by atoms with Crippen molar-refractivity contribution in [1.29, 1.82) is 0 Å². The van der Waals surface area contributed by atoms with Crippen molar-refractivity contribution in [2.45, 2.75) is 43.4 Å². The van der Waals surface area contributed by atoms with Crippen LogP contribution >= 0.6 is 0 Å². The Bertz CT molecular complexity index is 730. The van der Waals surface area contributed by atoms with Gasteiger partial charge in [-0.25, -0.2) is 4.39 Å². The smallest absolute Gasteiger partial charge is 0.238 e. The second-order valence-corrected chi connectivity index (χ2v) is 6.94. The van der Waals surface area contributed by atoms with Gasteiger partial charge in [0.15, 0.2) is 0 Å². The zero-order chi connectivity index (χ0) is 17.2. The molecule has 3 unspecified atom stereocenters. The molecule has 0 radical (unpaired) electrons. The van der Waals surface area contributed by atoms with Crippen LogP contribution in [-0.2, 0) is 4.79 Å². The van der Waals surface area contributed by atoms with E-state index in [4.69, 9.17) is 0 Å². The number of hydrogen-bond acceptors (Lipinski definition) is 3. The van der Waals surface area contributed by atoms with Crippen LogP contribution in [0.15, 0.2) is 48.7 Å². The average molecular weight is 339 g/mol. The normalized spacial score (nSPS) is 24.0. The van der Waals surface area contributed by atoms with E-state index in [2.05, 4.69) is 21.7 Å². The number of nitrogens with one attached hydrogen (secondary N) is 2. The fourth-order valence-electron chi connectivity index (χ4n) is 3.35. The van der Waals surface area contributed by atoms with Crippen LogP contribution in [-0.4, -0.2) is 29.6 Å². The number of benzene rings is 1. The SMILES string of the molecule is O=C(NC(c1ccccc1)c1ccc(C2CC2)cn1)C1CC(F)CN1. The maximum Gasteiger partial charge on any atom is 0.238 e. The van der Waals surface area contributed by atoms with Gasteiger partial charge in [-0.15, -0.1) is 0 Å². The Balaban J connectivity index is 1.56. The lowest BCUT2D eigenvalue weighted by Crippen LogP contribution is -2.42. The van der Waals surface area contributed by atoms with E-state index in [1.54, 1.807) is 0 Å². The predicted octanol–water partition coefficient (Wildman–Crippen LogP) is 2.86. The zero-order valence-electron chi connectivity index (χ0n) is 14.0. The number of pyridine rings is 1. The van der Waals surface area contributed by atoms with Crippen LogP contribution in [0.4, 0.5) is 4.39 Å². The molecule has 4 rings (SSSR count). The molecule has 1 aliphatic heterocycles. The van der Waals surface area contributed by atoms with E-state index >= 15 is 0 Å². The molecule has 1 aliphatic carbocycles. The van der Waals surface area contributed by atoms with Gasteiger partial charge in [-0.05, 0) is 36.0 Å². The van der Waals surface area contributed by atoms with Crippen molar-refractivity contribution in [2.24, 2.45) is 0 Å². The third kappa shape index (κ3) is 3.71. The summed E-state index contributed by atoms with van der Waals surface area (Å²) < 4.78 is 13.4. The molecule has 1 saturated heterocycles. The number of aromatic nitrogens is 1. The van der Waals surface area contributed by atoms with Crippen LogP contribution < -0.4 is 10.6 Å². The molecule has 2 aliphatic rings. The van der Waals surface area contributed by atoms with Gasteiger partial charge in [0.1, 0.15) is 6.17 Å². The number of amides is 1. The van der Waals surface area contributed by atoms with Crippen LogP contribution in [0, 0.1) is 0 Å². The highest BCUT2D eigenvalue weighted by Crippen LogP contribution is 2.39. The number of nitrogens with zero attached hydrogens (tertiary/aromatic N) is 1. The topological polar surface area (TPSA) is 54.0 Å². The maximum absolute atomic E-state index is 13.4. The minimum Gasteiger partial charge on any atom is -0.342 e. The Morgan fingerprint density at radius 1 is 1.20 bits per heavy atom. The first-order chi connectivity index (χ1) is 12.2. The van der Waals surface area contributed by atoms with E-state index in [9.17, 15) is 9.18 Å². The standard InChI is InChI=1S/C20H22FN3O/c21-16-10-18(23-12-16)20(25)24-19(14-4-2-1-3-5-14)17-9-8-15(11-22-17)13-6-7-13/h1-5,8-9,11,13,16,18-19,23H,6-7,10,12H2,(H,24,25). The van der Waals surface area contributed by atoms with Crippen molar-refractivity contribution < 1.29 is 9.18 Å². The minimum atomic E-state index is -0.957. The Kier molecular flexibility index (Phi) is 4.49. The van der Waals surface area contributed by atoms with Gasteiger partial charge in [-0.2, -0.15) is 0 Å². The minimum absolute atomic E-state index is 0.179. The molecule has 130 valence electrons. The third-order valence-electron chi connectivity index (χ3n) is 4.97. The summed E-state index contributed by atoms with van der Waals surface area (Å²) >= 11 is 0. The molecule has 0 spiro atoms. The first-order valence-corrected chi connectivity index (χ1v) is 8.89. The van der Waals surface area contributed by atoms with Gasteiger partial charge in [0.2, 0.25) is 5.91 Å². The second kappa shape index (κ2) is 6.92. The Hall–Kier alpha value is -2.27. The number of hydrogen-bond donors (Lipinski definition) is 2. The van der Waals surface area contributed by atoms with E-state index in [1.807, 2.05) is 42.6 Å². The molecule has 2 aromatic rings. The van der Waals surface area contributed by atoms with Crippen LogP contribution in [0.1, 0.15) is 48.0 Å². The van der Waals surface area contributed by atoms with Gasteiger partial charge in [-0.1, -0.05) is 36.4 Å². The summed E-state index contributed by atoms with van der Waals surface area (Å²) in [6.07, 6.45) is 3.65. The summed E-state index contributed by atoms with van der Waals surface area (Å²) in [7, 11) is 0. The molecule has 2 fully saturated rings. The zero-order valence-corrected chi connectivity index (χ0v) is 14.0. The van der Waals surface area contributed by atoms with Crippen molar-refractivity contribution in [3.05, 3.63) is 65.5 Å². The van der Waals surface area contributed by atoms with E-state index in [-0.39, 0.29) is 24.9 Å². The molecular weight excluding hydrogens is 317 g/mol. The number of carbonyl (C=O) groups excluding carboxylic acids is 1. The largest absolute Gasteiger partial charge is 0.342 e. The van der Waals surface area contributed by atoms with Crippen molar-refractivity contribution in [3.63, 3.8) is 0 Å². The van der Waals surface area contributed by atoms with E-state index in [0.717, 1.165) is 11.3 Å². The summed E-state index contributed by atoms with van der Waals surface area (Å²) in [5.41, 5.74) is 3.04. The molecular formula is C20H22FN3O. The van der Waals surface area contributed by atoms with Crippen LogP contribution in [0.2, 0.25) is 0 Å². The average Bonchev–Trinajstić information content (AvgIpc) is 3.41. The van der Waals surface area contributed by atoms with Gasteiger partial charge in [0.05, 0.1) is 17.8 Å². The summed E-state index contributed by atoms with van der Waals surface area (Å²) in [4.78, 5) is 17.2. The monoisotopic (exact) mass is 339 g/mol. The molecule has 1 saturated carbocycles. The van der Waals surface area contributed by atoms with Gasteiger partial charge in [-0.3, -0.25) is 9.78 Å². The first-order valence-electron chi connectivity index (χ1n) is 8.89. The molecule has 5 heteroatoms. The highest BCUT2D eigenvalue weighted by Gasteiger charge is 2.31. The van der Waals surface area contributed by atoms with E-state index in [1.165, 1.54) is 18.4 Å². The van der Waals surface area contributed by atoms with Crippen LogP contribution in [0.25, 0.3) is 0 Å². The number of halogens is 1. The summed E-state index contributed by atoms with van der Waals surface area (Å²) in [6, 6.07) is 13.1. The van der Waals surface area contributed by atoms with Crippen molar-refractivity contribution >= 4 is 5.91 Å². The lowest BCUT2D eigenvalue weighted by molar-refractivity contribution is -0.123. The lowest BCUT2D eigenvalue weighted by Gasteiger charge is -2.21. The highest BCUT2D eigenvalue weighted by molar-refractivity contribution is 5.83. The van der Waals surface area contributed by atoms with Gasteiger partial charge >= 0.3 is 0 Å². The quantitative estimate of drug-likeness (QED) is 0.881. The van der Waals surface area contributed by atoms with Crippen molar-refractivity contribution in [3.8, 4) is 0 Å². The Labute approximate surface area is 146 Å². The fraction of sp³-hybridized carbons (Fsp3) is 0.400. The number of rotatable bonds is 5. The summed E-state index contributed by atoms with van der Waals surface area (Å²) in [5, 5.41) is 5.99. The molecule has 1 aromatic carbocycles. The van der Waals surface area contributed by atoms with E-state index < -0.39 is 12.2 Å². The summed E-state index contributed by atoms with van der Waals surface area (Å²) in [5.74, 6) is 0.470. The third-order valence-corrected chi connectivity index (χ3v) is 4.97. The molecule has 25 heavy (non-hydrogen) atoms. The molecule has 1 amide bonds. The molecule has 2 heterocycles. The Morgan fingerprint density at radius 2 is 2.00 bits per heavy atom. The lowest BCUT2D eigenvalue weighted by atomic mass is 10.0. The fourth-order valence-corrected chi connectivity index (χ4v) is 3.35. The van der Waals surface area contributed by atoms with Gasteiger partial charge in [0, 0.05) is 19.2 Å². The second-order valence-electron chi connectivity index (χ2n) is 6.94. The predicted molar refractivity (Wildman–Crippen MR) is 93.9 cm³/mol. The Morgan fingerprint density at radius 3 is 2.60 bits per heavy atom. The molecule has 2 N–H and O–H groups in total. The number of carbonyl (C=O) groups is 1. The van der Waals surface area contributed by atoms with Crippen molar-refractivity contribution in [2.75, 3.05) is 6.54 Å². The molecule has 1 aromatic heterocycles. The van der Waals surface area contributed by atoms with Gasteiger partial charge < -0.3 is 10.6 Å². The number of alkyl halides is 1. The van der Waals surface area contributed by atoms with Crippen LogP contribution in [0.3, 0.4) is 0 Å². The van der Waals surface area contributed by atoms with Crippen LogP contribution in [0.5, 0.6) is 0 Å².